The van der Waals surface area contributed by atoms with Crippen LogP contribution in [0.3, 0.4) is 0 Å². The first-order valence-corrected chi connectivity index (χ1v) is 13.9. The Hall–Kier alpha value is -4.12. The highest BCUT2D eigenvalue weighted by molar-refractivity contribution is 5.86. The molecule has 0 radical (unpaired) electrons. The van der Waals surface area contributed by atoms with Gasteiger partial charge < -0.3 is 31.0 Å². The Morgan fingerprint density at radius 2 is 2.05 bits per heavy atom. The number of morpholine rings is 1. The molecular formula is C30H39FN8O2. The number of hydrogen-bond acceptors (Lipinski definition) is 9. The van der Waals surface area contributed by atoms with E-state index >= 15 is 0 Å². The minimum Gasteiger partial charge on any atom is -0.375 e. The average molecular weight is 563 g/mol. The maximum absolute atomic E-state index is 13.8. The second kappa shape index (κ2) is 13.0. The van der Waals surface area contributed by atoms with E-state index in [2.05, 4.69) is 27.5 Å². The van der Waals surface area contributed by atoms with Gasteiger partial charge in [-0.25, -0.2) is 19.3 Å². The van der Waals surface area contributed by atoms with Crippen LogP contribution in [0.2, 0.25) is 0 Å². The van der Waals surface area contributed by atoms with Crippen molar-refractivity contribution in [2.24, 2.45) is 0 Å². The lowest BCUT2D eigenvalue weighted by atomic mass is 9.76. The summed E-state index contributed by atoms with van der Waals surface area (Å²) in [7, 11) is 1.84. The summed E-state index contributed by atoms with van der Waals surface area (Å²) in [5.41, 5.74) is 1.82. The van der Waals surface area contributed by atoms with E-state index in [1.165, 1.54) is 0 Å². The van der Waals surface area contributed by atoms with E-state index in [1.807, 2.05) is 50.9 Å². The fourth-order valence-corrected chi connectivity index (χ4v) is 5.33. The zero-order valence-electron chi connectivity index (χ0n) is 24.1. The molecule has 1 aliphatic heterocycles. The van der Waals surface area contributed by atoms with Gasteiger partial charge in [-0.2, -0.15) is 0 Å². The van der Waals surface area contributed by atoms with Crippen LogP contribution in [0, 0.1) is 12.3 Å². The molecule has 10 nitrogen and oxygen atoms in total. The summed E-state index contributed by atoms with van der Waals surface area (Å²) < 4.78 is 19.4. The van der Waals surface area contributed by atoms with Crippen molar-refractivity contribution in [3.8, 4) is 0 Å². The maximum atomic E-state index is 13.8. The first kappa shape index (κ1) is 29.9. The highest BCUT2D eigenvalue weighted by Gasteiger charge is 2.49. The van der Waals surface area contributed by atoms with Gasteiger partial charge >= 0.3 is 0 Å². The Morgan fingerprint density at radius 3 is 2.68 bits per heavy atom. The number of nitrogens with zero attached hydrogens (tertiary/aromatic N) is 4. The molecular weight excluding hydrogens is 523 g/mol. The third kappa shape index (κ3) is 7.15. The summed E-state index contributed by atoms with van der Waals surface area (Å²) in [6, 6.07) is 5.31. The highest BCUT2D eigenvalue weighted by Crippen LogP contribution is 2.43. The fourth-order valence-electron chi connectivity index (χ4n) is 5.33. The van der Waals surface area contributed by atoms with E-state index in [0.29, 0.717) is 43.8 Å². The van der Waals surface area contributed by atoms with Gasteiger partial charge in [0.15, 0.2) is 5.83 Å². The largest absolute Gasteiger partial charge is 0.375 e. The Morgan fingerprint density at radius 1 is 1.29 bits per heavy atom. The predicted octanol–water partition coefficient (Wildman–Crippen LogP) is 5.12. The van der Waals surface area contributed by atoms with Crippen LogP contribution in [0.5, 0.6) is 0 Å². The van der Waals surface area contributed by atoms with Crippen LogP contribution in [0.25, 0.3) is 0 Å². The van der Waals surface area contributed by atoms with Gasteiger partial charge in [0.25, 0.3) is 5.91 Å². The second-order valence-corrected chi connectivity index (χ2v) is 10.6. The molecule has 1 saturated carbocycles. The van der Waals surface area contributed by atoms with E-state index in [-0.39, 0.29) is 17.9 Å². The number of rotatable bonds is 10. The smallest absolute Gasteiger partial charge is 0.255 e. The lowest BCUT2D eigenvalue weighted by Crippen LogP contribution is -2.58. The summed E-state index contributed by atoms with van der Waals surface area (Å²) in [6.07, 6.45) is 7.98. The van der Waals surface area contributed by atoms with E-state index in [9.17, 15) is 9.18 Å². The maximum Gasteiger partial charge on any atom is 0.255 e. The third-order valence-corrected chi connectivity index (χ3v) is 7.55. The molecule has 0 bridgehead atoms. The average Bonchev–Trinajstić information content (AvgIpc) is 2.96. The minimum absolute atomic E-state index is 0.00370. The Kier molecular flexibility index (Phi) is 9.49. The molecule has 0 aromatic carbocycles. The van der Waals surface area contributed by atoms with Crippen molar-refractivity contribution in [2.45, 2.75) is 64.0 Å². The number of halogens is 1. The number of carbonyl (C=O) groups is 1. The number of hydrogen-bond donors (Lipinski definition) is 4. The lowest BCUT2D eigenvalue weighted by Gasteiger charge is -2.46. The number of nitrogens with one attached hydrogen (secondary N) is 4. The van der Waals surface area contributed by atoms with Gasteiger partial charge in [0.2, 0.25) is 0 Å². The van der Waals surface area contributed by atoms with Crippen LogP contribution >= 0.6 is 0 Å². The normalized spacial score (nSPS) is 22.3. The monoisotopic (exact) mass is 562 g/mol. The van der Waals surface area contributed by atoms with Crippen molar-refractivity contribution in [3.63, 3.8) is 0 Å². The van der Waals surface area contributed by atoms with E-state index in [0.717, 1.165) is 47.5 Å². The molecule has 4 N–H and O–H groups in total. The molecule has 3 heterocycles. The van der Waals surface area contributed by atoms with Gasteiger partial charge in [0.05, 0.1) is 18.9 Å². The fraction of sp³-hybridized carbons (Fsp3) is 0.433. The van der Waals surface area contributed by atoms with Gasteiger partial charge in [0, 0.05) is 43.7 Å². The summed E-state index contributed by atoms with van der Waals surface area (Å²) in [5, 5.41) is 16.1. The molecule has 11 heteroatoms. The van der Waals surface area contributed by atoms with Crippen LogP contribution in [0.1, 0.15) is 68.6 Å². The van der Waals surface area contributed by atoms with Gasteiger partial charge in [-0.1, -0.05) is 18.2 Å². The summed E-state index contributed by atoms with van der Waals surface area (Å²) in [6.45, 7) is 10.8. The van der Waals surface area contributed by atoms with Gasteiger partial charge in [0.1, 0.15) is 28.9 Å². The van der Waals surface area contributed by atoms with Crippen LogP contribution in [-0.4, -0.2) is 57.8 Å². The summed E-state index contributed by atoms with van der Waals surface area (Å²) >= 11 is 0. The van der Waals surface area contributed by atoms with Crippen LogP contribution < -0.4 is 16.0 Å². The lowest BCUT2D eigenvalue weighted by molar-refractivity contribution is -0.181. The van der Waals surface area contributed by atoms with E-state index < -0.39 is 11.4 Å². The van der Waals surface area contributed by atoms with Crippen molar-refractivity contribution in [1.29, 1.82) is 5.41 Å². The molecule has 1 saturated heterocycles. The number of allylic oxidation sites excluding steroid dienone is 3. The van der Waals surface area contributed by atoms with Crippen molar-refractivity contribution < 1.29 is 13.9 Å². The van der Waals surface area contributed by atoms with Crippen LogP contribution in [0.15, 0.2) is 60.5 Å². The summed E-state index contributed by atoms with van der Waals surface area (Å²) in [4.78, 5) is 29.6. The first-order chi connectivity index (χ1) is 19.6. The molecule has 1 amide bonds. The minimum atomic E-state index is -0.846. The third-order valence-electron chi connectivity index (χ3n) is 7.55. The topological polar surface area (TPSA) is 128 Å². The van der Waals surface area contributed by atoms with Gasteiger partial charge in [-0.05, 0) is 64.2 Å². The highest BCUT2D eigenvalue weighted by atomic mass is 19.1. The number of carbonyl (C=O) groups excluding carboxylic acids is 1. The molecule has 1 aliphatic carbocycles. The summed E-state index contributed by atoms with van der Waals surface area (Å²) in [5.74, 6) is 2.17. The first-order valence-electron chi connectivity index (χ1n) is 13.9. The number of amides is 1. The molecule has 2 aliphatic rings. The molecule has 2 fully saturated rings. The van der Waals surface area contributed by atoms with Crippen molar-refractivity contribution in [1.82, 2.24) is 25.2 Å². The van der Waals surface area contributed by atoms with Crippen molar-refractivity contribution in [2.75, 3.05) is 30.8 Å². The molecule has 218 valence electrons. The standard InChI is InChI=1S/C30H39FN8O2/c1-19(2)14-26(33-5)37-27-15-20(3)36-28(38-27)22-8-10-30(11-9-22)29(40)39(12-13-41-30)21(4)23-6-7-25(34-17-23)35-18-24(31)16-32/h6-7,14-18,21-22,32-33H,1,8-13H2,2-5H3,(H,34,35)(H,36,37,38)/b24-18+,26-14+,32-16?/t21-,22?,30?/m1/s1. The van der Waals surface area contributed by atoms with Gasteiger partial charge in [-0.15, -0.1) is 0 Å². The molecule has 41 heavy (non-hydrogen) atoms. The zero-order valence-corrected chi connectivity index (χ0v) is 24.1. The molecule has 4 rings (SSSR count). The molecule has 1 spiro atoms. The Labute approximate surface area is 240 Å². The zero-order chi connectivity index (χ0) is 29.6. The molecule has 1 atom stereocenters. The SMILES string of the molecule is C=C(C)/C=C(\NC)Nc1cc(C)nc(C2CCC3(CC2)OCCN([C@H](C)c2ccc(N/C=C(/F)C=N)nc2)C3=O)n1. The Bertz CT molecular complexity index is 1330. The van der Waals surface area contributed by atoms with E-state index in [4.69, 9.17) is 20.1 Å². The van der Waals surface area contributed by atoms with Crippen molar-refractivity contribution >= 4 is 23.8 Å². The molecule has 2 aromatic heterocycles. The number of ether oxygens (including phenoxy) is 1. The predicted molar refractivity (Wildman–Crippen MR) is 158 cm³/mol. The number of aromatic nitrogens is 3. The van der Waals surface area contributed by atoms with Crippen LogP contribution in [-0.2, 0) is 9.53 Å². The van der Waals surface area contributed by atoms with Gasteiger partial charge in [-0.3, -0.25) is 4.79 Å². The van der Waals surface area contributed by atoms with Crippen molar-refractivity contribution in [3.05, 3.63) is 77.6 Å². The molecule has 0 unspecified atom stereocenters. The number of pyridine rings is 1. The number of anilines is 2. The number of aryl methyl sites for hydroxylation is 1. The quantitative estimate of drug-likeness (QED) is 0.232. The molecule has 2 aromatic rings. The second-order valence-electron chi connectivity index (χ2n) is 10.6. The van der Waals surface area contributed by atoms with E-state index in [1.54, 1.807) is 12.3 Å². The van der Waals surface area contributed by atoms with Crippen LogP contribution in [0.4, 0.5) is 16.0 Å². The Balaban J connectivity index is 1.43.